The van der Waals surface area contributed by atoms with Crippen LogP contribution in [0.1, 0.15) is 30.5 Å². The number of amides is 2. The van der Waals surface area contributed by atoms with Crippen molar-refractivity contribution in [1.82, 2.24) is 10.2 Å². The van der Waals surface area contributed by atoms with Crippen molar-refractivity contribution in [3.05, 3.63) is 129 Å². The van der Waals surface area contributed by atoms with Gasteiger partial charge in [0.2, 0.25) is 11.8 Å². The molecule has 0 saturated carbocycles. The summed E-state index contributed by atoms with van der Waals surface area (Å²) in [6, 6.07) is 26.1. The molecule has 4 aromatic rings. The Morgan fingerprint density at radius 3 is 2.07 bits per heavy atom. The third-order valence-corrected chi connectivity index (χ3v) is 10.1. The fourth-order valence-electron chi connectivity index (χ4n) is 4.94. The third kappa shape index (κ3) is 9.04. The van der Waals surface area contributed by atoms with Crippen molar-refractivity contribution in [2.45, 2.75) is 44.7 Å². The highest BCUT2D eigenvalue weighted by molar-refractivity contribution is 7.92. The van der Waals surface area contributed by atoms with Crippen LogP contribution in [-0.2, 0) is 32.6 Å². The molecule has 2 amide bonds. The summed E-state index contributed by atoms with van der Waals surface area (Å²) in [7, 11) is -4.23. The molecule has 46 heavy (non-hydrogen) atoms. The van der Waals surface area contributed by atoms with Gasteiger partial charge in [-0.25, -0.2) is 8.42 Å². The number of rotatable bonds is 13. The van der Waals surface area contributed by atoms with E-state index in [4.69, 9.17) is 34.8 Å². The molecule has 0 aliphatic heterocycles. The van der Waals surface area contributed by atoms with E-state index in [1.165, 1.54) is 17.0 Å². The molecule has 0 unspecified atom stereocenters. The van der Waals surface area contributed by atoms with Gasteiger partial charge in [-0.05, 0) is 72.0 Å². The van der Waals surface area contributed by atoms with E-state index < -0.39 is 28.5 Å². The van der Waals surface area contributed by atoms with Crippen molar-refractivity contribution in [3.8, 4) is 0 Å². The van der Waals surface area contributed by atoms with E-state index in [-0.39, 0.29) is 29.7 Å². The standard InChI is InChI=1S/C35H36Cl3N3O4S/c1-24(2)21-39-35(43)33(20-26-10-6-4-7-11-26)40(22-27-14-16-30(37)31(38)19-27)34(42)23-41(32-17-15-28(36)18-25(32)3)46(44,45)29-12-8-5-9-13-29/h4-19,24,33H,20-23H2,1-3H3,(H,39,43)/t33-/m1/s1. The van der Waals surface area contributed by atoms with Crippen molar-refractivity contribution in [1.29, 1.82) is 0 Å². The number of nitrogens with zero attached hydrogens (tertiary/aromatic N) is 2. The Kier molecular flexibility index (Phi) is 12.1. The van der Waals surface area contributed by atoms with Crippen LogP contribution >= 0.6 is 34.8 Å². The first-order valence-electron chi connectivity index (χ1n) is 14.8. The van der Waals surface area contributed by atoms with E-state index in [9.17, 15) is 18.0 Å². The molecule has 0 saturated heterocycles. The number of carbonyl (C=O) groups excluding carboxylic acids is 2. The third-order valence-electron chi connectivity index (χ3n) is 7.33. The lowest BCUT2D eigenvalue weighted by atomic mass is 10.0. The molecule has 0 fully saturated rings. The predicted molar refractivity (Wildman–Crippen MR) is 186 cm³/mol. The van der Waals surface area contributed by atoms with Gasteiger partial charge in [0.25, 0.3) is 10.0 Å². The molecule has 242 valence electrons. The number of hydrogen-bond donors (Lipinski definition) is 1. The van der Waals surface area contributed by atoms with Gasteiger partial charge in [-0.1, -0.05) is 103 Å². The Morgan fingerprint density at radius 2 is 1.46 bits per heavy atom. The van der Waals surface area contributed by atoms with Crippen molar-refractivity contribution in [2.75, 3.05) is 17.4 Å². The largest absolute Gasteiger partial charge is 0.354 e. The SMILES string of the molecule is Cc1cc(Cl)ccc1N(CC(=O)N(Cc1ccc(Cl)c(Cl)c1)[C@H](Cc1ccccc1)C(=O)NCC(C)C)S(=O)(=O)c1ccccc1. The molecule has 0 aromatic heterocycles. The molecule has 4 aromatic carbocycles. The van der Waals surface area contributed by atoms with E-state index in [1.807, 2.05) is 44.2 Å². The van der Waals surface area contributed by atoms with Crippen LogP contribution < -0.4 is 9.62 Å². The van der Waals surface area contributed by atoms with Gasteiger partial charge in [-0.15, -0.1) is 0 Å². The molecular weight excluding hydrogens is 665 g/mol. The number of benzene rings is 4. The van der Waals surface area contributed by atoms with Gasteiger partial charge in [0.05, 0.1) is 20.6 Å². The summed E-state index contributed by atoms with van der Waals surface area (Å²) in [5.74, 6) is -0.772. The van der Waals surface area contributed by atoms with Gasteiger partial charge in [0.15, 0.2) is 0 Å². The highest BCUT2D eigenvalue weighted by Gasteiger charge is 2.35. The molecule has 0 heterocycles. The maximum Gasteiger partial charge on any atom is 0.264 e. The molecule has 0 radical (unpaired) electrons. The van der Waals surface area contributed by atoms with Gasteiger partial charge in [0, 0.05) is 24.5 Å². The molecule has 11 heteroatoms. The summed E-state index contributed by atoms with van der Waals surface area (Å²) in [4.78, 5) is 29.9. The smallest absolute Gasteiger partial charge is 0.264 e. The van der Waals surface area contributed by atoms with Gasteiger partial charge in [-0.2, -0.15) is 0 Å². The van der Waals surface area contributed by atoms with Crippen LogP contribution in [0.4, 0.5) is 5.69 Å². The zero-order valence-electron chi connectivity index (χ0n) is 25.8. The molecule has 0 spiro atoms. The van der Waals surface area contributed by atoms with E-state index >= 15 is 0 Å². The lowest BCUT2D eigenvalue weighted by Gasteiger charge is -2.34. The monoisotopic (exact) mass is 699 g/mol. The Bertz CT molecular complexity index is 1770. The fraction of sp³-hybridized carbons (Fsp3) is 0.257. The zero-order chi connectivity index (χ0) is 33.4. The minimum atomic E-state index is -4.23. The van der Waals surface area contributed by atoms with E-state index in [0.29, 0.717) is 38.4 Å². The van der Waals surface area contributed by atoms with Crippen molar-refractivity contribution >= 4 is 62.3 Å². The molecule has 0 aliphatic carbocycles. The molecule has 1 N–H and O–H groups in total. The van der Waals surface area contributed by atoms with Crippen molar-refractivity contribution in [2.24, 2.45) is 5.92 Å². The quantitative estimate of drug-likeness (QED) is 0.156. The number of nitrogens with one attached hydrogen (secondary N) is 1. The molecule has 0 bridgehead atoms. The zero-order valence-corrected chi connectivity index (χ0v) is 28.9. The summed E-state index contributed by atoms with van der Waals surface area (Å²) >= 11 is 18.7. The second kappa shape index (κ2) is 15.8. The van der Waals surface area contributed by atoms with Crippen LogP contribution in [0.2, 0.25) is 15.1 Å². The summed E-state index contributed by atoms with van der Waals surface area (Å²) < 4.78 is 29.4. The number of anilines is 1. The Morgan fingerprint density at radius 1 is 0.804 bits per heavy atom. The maximum absolute atomic E-state index is 14.6. The van der Waals surface area contributed by atoms with Gasteiger partial charge >= 0.3 is 0 Å². The minimum absolute atomic E-state index is 0.0173. The van der Waals surface area contributed by atoms with Crippen LogP contribution in [-0.4, -0.2) is 44.3 Å². The van der Waals surface area contributed by atoms with Crippen molar-refractivity contribution < 1.29 is 18.0 Å². The Labute approximate surface area is 286 Å². The second-order valence-corrected chi connectivity index (χ2v) is 14.5. The topological polar surface area (TPSA) is 86.8 Å². The lowest BCUT2D eigenvalue weighted by Crippen LogP contribution is -2.53. The van der Waals surface area contributed by atoms with E-state index in [0.717, 1.165) is 9.87 Å². The van der Waals surface area contributed by atoms with Crippen LogP contribution in [0.5, 0.6) is 0 Å². The van der Waals surface area contributed by atoms with E-state index in [1.54, 1.807) is 61.5 Å². The van der Waals surface area contributed by atoms with Crippen LogP contribution in [0.3, 0.4) is 0 Å². The highest BCUT2D eigenvalue weighted by atomic mass is 35.5. The molecular formula is C35H36Cl3N3O4S. The normalized spacial score (nSPS) is 12.1. The first-order valence-corrected chi connectivity index (χ1v) is 17.3. The molecule has 4 rings (SSSR count). The maximum atomic E-state index is 14.6. The molecule has 7 nitrogen and oxygen atoms in total. The van der Waals surface area contributed by atoms with Gasteiger partial charge < -0.3 is 10.2 Å². The highest BCUT2D eigenvalue weighted by Crippen LogP contribution is 2.30. The summed E-state index contributed by atoms with van der Waals surface area (Å²) in [6.07, 6.45) is 0.198. The molecule has 1 atom stereocenters. The minimum Gasteiger partial charge on any atom is -0.354 e. The first-order chi connectivity index (χ1) is 21.9. The Hall–Kier alpha value is -3.56. The van der Waals surface area contributed by atoms with Crippen LogP contribution in [0.15, 0.2) is 102 Å². The van der Waals surface area contributed by atoms with Gasteiger partial charge in [0.1, 0.15) is 12.6 Å². The molecule has 0 aliphatic rings. The van der Waals surface area contributed by atoms with Gasteiger partial charge in [-0.3, -0.25) is 13.9 Å². The number of halogens is 3. The van der Waals surface area contributed by atoms with Crippen LogP contribution in [0.25, 0.3) is 0 Å². The number of sulfonamides is 1. The fourth-order valence-corrected chi connectivity index (χ4v) is 6.99. The Balaban J connectivity index is 1.83. The lowest BCUT2D eigenvalue weighted by molar-refractivity contribution is -0.140. The second-order valence-electron chi connectivity index (χ2n) is 11.4. The number of hydrogen-bond acceptors (Lipinski definition) is 4. The summed E-state index contributed by atoms with van der Waals surface area (Å²) in [6.45, 7) is 5.48. The predicted octanol–water partition coefficient (Wildman–Crippen LogP) is 7.56. The average molecular weight is 701 g/mol. The number of carbonyl (C=O) groups is 2. The average Bonchev–Trinajstić information content (AvgIpc) is 3.03. The summed E-state index contributed by atoms with van der Waals surface area (Å²) in [5, 5.41) is 4.04. The van der Waals surface area contributed by atoms with Crippen molar-refractivity contribution in [3.63, 3.8) is 0 Å². The summed E-state index contributed by atoms with van der Waals surface area (Å²) in [5.41, 5.74) is 2.31. The number of aryl methyl sites for hydroxylation is 1. The first kappa shape index (κ1) is 35.3. The van der Waals surface area contributed by atoms with E-state index in [2.05, 4.69) is 5.32 Å². The van der Waals surface area contributed by atoms with Crippen LogP contribution in [0, 0.1) is 12.8 Å².